The molecule has 8 heteroatoms. The van der Waals surface area contributed by atoms with E-state index in [2.05, 4.69) is 0 Å². The van der Waals surface area contributed by atoms with E-state index >= 15 is 0 Å². The molecule has 6 nitrogen and oxygen atoms in total. The molecule has 0 radical (unpaired) electrons. The minimum Gasteiger partial charge on any atom is -0.303 e. The summed E-state index contributed by atoms with van der Waals surface area (Å²) in [6, 6.07) is 3.03. The molecule has 1 aromatic rings. The Labute approximate surface area is 131 Å². The van der Waals surface area contributed by atoms with E-state index in [1.54, 1.807) is 6.07 Å². The Morgan fingerprint density at radius 3 is 2.52 bits per heavy atom. The van der Waals surface area contributed by atoms with E-state index in [-0.39, 0.29) is 29.5 Å². The van der Waals surface area contributed by atoms with Gasteiger partial charge in [0.15, 0.2) is 0 Å². The van der Waals surface area contributed by atoms with Gasteiger partial charge in [0.05, 0.1) is 21.3 Å². The summed E-state index contributed by atoms with van der Waals surface area (Å²) in [5, 5.41) is 0.506. The molecule has 3 N–H and O–H groups in total. The number of hydrogen-bond acceptors (Lipinski definition) is 4. The molecule has 0 aliphatic carbocycles. The number of carbonyl (C=O) groups excluding carboxylic acids is 3. The maximum atomic E-state index is 12.0. The second-order valence-corrected chi connectivity index (χ2v) is 5.38. The van der Waals surface area contributed by atoms with Gasteiger partial charge in [-0.3, -0.25) is 19.8 Å². The van der Waals surface area contributed by atoms with Crippen molar-refractivity contribution in [3.63, 3.8) is 0 Å². The highest BCUT2D eigenvalue weighted by Crippen LogP contribution is 2.39. The van der Waals surface area contributed by atoms with E-state index in [0.717, 1.165) is 0 Å². The standard InChI is InChI=1S/C13H13Cl2N3O3/c14-7-4-5-8(15)11-10(7)12(20)13(21)18(11)6-2-1-3-9(19)17-16/h4-5H,1-3,6,16H2,(H,17,19). The number of ketones is 1. The topological polar surface area (TPSA) is 92.5 Å². The third-order valence-electron chi connectivity index (χ3n) is 3.21. The summed E-state index contributed by atoms with van der Waals surface area (Å²) in [4.78, 5) is 36.3. The highest BCUT2D eigenvalue weighted by molar-refractivity contribution is 6.56. The van der Waals surface area contributed by atoms with Crippen LogP contribution >= 0.6 is 23.2 Å². The molecule has 0 spiro atoms. The maximum Gasteiger partial charge on any atom is 0.299 e. The van der Waals surface area contributed by atoms with E-state index in [1.807, 2.05) is 5.43 Å². The first-order chi connectivity index (χ1) is 9.97. The van der Waals surface area contributed by atoms with Crippen LogP contribution in [0.25, 0.3) is 0 Å². The first-order valence-electron chi connectivity index (χ1n) is 6.31. The van der Waals surface area contributed by atoms with Crippen LogP contribution in [0.3, 0.4) is 0 Å². The number of benzene rings is 1. The Morgan fingerprint density at radius 1 is 1.19 bits per heavy atom. The zero-order valence-corrected chi connectivity index (χ0v) is 12.5. The summed E-state index contributed by atoms with van der Waals surface area (Å²) in [6.07, 6.45) is 1.33. The van der Waals surface area contributed by atoms with Crippen LogP contribution in [0.1, 0.15) is 29.6 Å². The molecule has 2 amide bonds. The van der Waals surface area contributed by atoms with Gasteiger partial charge in [-0.2, -0.15) is 0 Å². The minimum absolute atomic E-state index is 0.147. The quantitative estimate of drug-likeness (QED) is 0.282. The lowest BCUT2D eigenvalue weighted by molar-refractivity contribution is -0.121. The van der Waals surface area contributed by atoms with Crippen molar-refractivity contribution in [3.8, 4) is 0 Å². The van der Waals surface area contributed by atoms with Gasteiger partial charge in [-0.05, 0) is 25.0 Å². The van der Waals surface area contributed by atoms with Crippen molar-refractivity contribution < 1.29 is 14.4 Å². The number of hydrazine groups is 1. The summed E-state index contributed by atoms with van der Waals surface area (Å²) in [5.41, 5.74) is 2.53. The van der Waals surface area contributed by atoms with Gasteiger partial charge in [0.25, 0.3) is 11.7 Å². The SMILES string of the molecule is NNC(=O)CCCCN1C(=O)C(=O)c2c(Cl)ccc(Cl)c21. The fourth-order valence-electron chi connectivity index (χ4n) is 2.19. The van der Waals surface area contributed by atoms with Crippen molar-refractivity contribution in [2.45, 2.75) is 19.3 Å². The monoisotopic (exact) mass is 329 g/mol. The summed E-state index contributed by atoms with van der Waals surface area (Å²) in [7, 11) is 0. The molecule has 1 heterocycles. The fraction of sp³-hybridized carbons (Fsp3) is 0.308. The highest BCUT2D eigenvalue weighted by Gasteiger charge is 2.38. The zero-order chi connectivity index (χ0) is 15.6. The van der Waals surface area contributed by atoms with E-state index < -0.39 is 11.7 Å². The number of hydrogen-bond donors (Lipinski definition) is 2. The summed E-state index contributed by atoms with van der Waals surface area (Å²) in [5.74, 6) is 3.39. The van der Waals surface area contributed by atoms with Gasteiger partial charge in [-0.25, -0.2) is 5.84 Å². The second kappa shape index (κ2) is 6.43. The maximum absolute atomic E-state index is 12.0. The number of fused-ring (bicyclic) bond motifs is 1. The minimum atomic E-state index is -0.655. The van der Waals surface area contributed by atoms with Crippen LogP contribution in [0.5, 0.6) is 0 Å². The molecular weight excluding hydrogens is 317 g/mol. The Morgan fingerprint density at radius 2 is 1.86 bits per heavy atom. The number of rotatable bonds is 5. The van der Waals surface area contributed by atoms with Crippen molar-refractivity contribution in [2.24, 2.45) is 5.84 Å². The molecule has 21 heavy (non-hydrogen) atoms. The lowest BCUT2D eigenvalue weighted by Gasteiger charge is -2.17. The van der Waals surface area contributed by atoms with Crippen molar-refractivity contribution >= 4 is 46.5 Å². The normalized spacial score (nSPS) is 13.6. The van der Waals surface area contributed by atoms with Crippen LogP contribution in [0.2, 0.25) is 10.0 Å². The summed E-state index contributed by atoms with van der Waals surface area (Å²) < 4.78 is 0. The number of anilines is 1. The molecule has 0 fully saturated rings. The first kappa shape index (κ1) is 15.8. The molecule has 112 valence electrons. The van der Waals surface area contributed by atoms with Crippen LogP contribution < -0.4 is 16.2 Å². The van der Waals surface area contributed by atoms with E-state index in [4.69, 9.17) is 29.0 Å². The van der Waals surface area contributed by atoms with Gasteiger partial charge in [-0.15, -0.1) is 0 Å². The van der Waals surface area contributed by atoms with Gasteiger partial charge in [0.1, 0.15) is 0 Å². The van der Waals surface area contributed by atoms with E-state index in [1.165, 1.54) is 11.0 Å². The molecule has 0 bridgehead atoms. The Hall–Kier alpha value is -1.63. The van der Waals surface area contributed by atoms with Crippen LogP contribution in [0.4, 0.5) is 5.69 Å². The second-order valence-electron chi connectivity index (χ2n) is 4.56. The van der Waals surface area contributed by atoms with Gasteiger partial charge in [0, 0.05) is 13.0 Å². The molecule has 1 aliphatic rings. The number of carbonyl (C=O) groups is 3. The van der Waals surface area contributed by atoms with Crippen molar-refractivity contribution in [3.05, 3.63) is 27.7 Å². The van der Waals surface area contributed by atoms with Crippen LogP contribution in [0, 0.1) is 0 Å². The molecule has 1 aromatic carbocycles. The first-order valence-corrected chi connectivity index (χ1v) is 7.06. The molecule has 0 saturated carbocycles. The number of unbranched alkanes of at least 4 members (excludes halogenated alkanes) is 1. The van der Waals surface area contributed by atoms with Crippen LogP contribution in [-0.2, 0) is 9.59 Å². The Kier molecular flexibility index (Phi) is 4.82. The number of nitrogens with one attached hydrogen (secondary N) is 1. The molecule has 1 aliphatic heterocycles. The number of halogens is 2. The summed E-state index contributed by atoms with van der Waals surface area (Å²) >= 11 is 12.0. The third kappa shape index (κ3) is 3.02. The smallest absolute Gasteiger partial charge is 0.299 e. The average Bonchev–Trinajstić information content (AvgIpc) is 2.73. The van der Waals surface area contributed by atoms with Crippen molar-refractivity contribution in [2.75, 3.05) is 11.4 Å². The predicted molar refractivity (Wildman–Crippen MR) is 79.3 cm³/mol. The molecule has 0 atom stereocenters. The van der Waals surface area contributed by atoms with Gasteiger partial charge >= 0.3 is 0 Å². The predicted octanol–water partition coefficient (Wildman–Crippen LogP) is 1.68. The van der Waals surface area contributed by atoms with Crippen LogP contribution in [0.15, 0.2) is 12.1 Å². The number of Topliss-reactive ketones (excluding diaryl/α,β-unsaturated/α-hetero) is 1. The molecular formula is C13H13Cl2N3O3. The lowest BCUT2D eigenvalue weighted by atomic mass is 10.1. The molecule has 2 rings (SSSR count). The highest BCUT2D eigenvalue weighted by atomic mass is 35.5. The molecule has 0 aromatic heterocycles. The van der Waals surface area contributed by atoms with Crippen molar-refractivity contribution in [1.29, 1.82) is 0 Å². The number of nitrogens with two attached hydrogens (primary N) is 1. The fourth-order valence-corrected chi connectivity index (χ4v) is 2.69. The van der Waals surface area contributed by atoms with Gasteiger partial charge in [-0.1, -0.05) is 23.2 Å². The van der Waals surface area contributed by atoms with Crippen molar-refractivity contribution in [1.82, 2.24) is 5.43 Å². The molecule has 0 unspecified atom stereocenters. The van der Waals surface area contributed by atoms with Gasteiger partial charge < -0.3 is 4.90 Å². The zero-order valence-electron chi connectivity index (χ0n) is 11.0. The van der Waals surface area contributed by atoms with E-state index in [9.17, 15) is 14.4 Å². The largest absolute Gasteiger partial charge is 0.303 e. The Bertz CT molecular complexity index is 619. The number of amides is 2. The molecule has 0 saturated heterocycles. The Balaban J connectivity index is 2.12. The van der Waals surface area contributed by atoms with Gasteiger partial charge in [0.2, 0.25) is 5.91 Å². The lowest BCUT2D eigenvalue weighted by Crippen LogP contribution is -2.32. The number of nitrogens with zero attached hydrogens (tertiary/aromatic N) is 1. The van der Waals surface area contributed by atoms with E-state index in [0.29, 0.717) is 23.6 Å². The third-order valence-corrected chi connectivity index (χ3v) is 3.83. The summed E-state index contributed by atoms with van der Waals surface area (Å²) in [6.45, 7) is 0.287. The van der Waals surface area contributed by atoms with Crippen LogP contribution in [-0.4, -0.2) is 24.1 Å². The average molecular weight is 330 g/mol.